The number of nitrogens with zero attached hydrogens (tertiary/aromatic N) is 2. The summed E-state index contributed by atoms with van der Waals surface area (Å²) < 4.78 is 0. The van der Waals surface area contributed by atoms with E-state index < -0.39 is 4.92 Å². The van der Waals surface area contributed by atoms with Crippen molar-refractivity contribution in [3.8, 4) is 0 Å². The molecule has 0 aliphatic carbocycles. The van der Waals surface area contributed by atoms with Gasteiger partial charge in [-0.3, -0.25) is 19.7 Å². The van der Waals surface area contributed by atoms with Gasteiger partial charge in [-0.25, -0.2) is 0 Å². The van der Waals surface area contributed by atoms with Crippen LogP contribution in [0.15, 0.2) is 18.2 Å². The lowest BCUT2D eigenvalue weighted by Crippen LogP contribution is -2.35. The number of carbonyl (C=O) groups is 2. The van der Waals surface area contributed by atoms with Gasteiger partial charge in [-0.2, -0.15) is 0 Å². The summed E-state index contributed by atoms with van der Waals surface area (Å²) in [7, 11) is 1.53. The first-order valence-electron chi connectivity index (χ1n) is 5.72. The molecule has 19 heavy (non-hydrogen) atoms. The van der Waals surface area contributed by atoms with Gasteiger partial charge in [0.15, 0.2) is 6.29 Å². The smallest absolute Gasteiger partial charge is 0.280 e. The van der Waals surface area contributed by atoms with Crippen molar-refractivity contribution in [1.29, 1.82) is 0 Å². The molecule has 0 bridgehead atoms. The van der Waals surface area contributed by atoms with Crippen LogP contribution in [0.2, 0.25) is 0 Å². The lowest BCUT2D eigenvalue weighted by atomic mass is 10.1. The number of rotatable bonds is 6. The lowest BCUT2D eigenvalue weighted by molar-refractivity contribution is -0.385. The number of nitro groups is 1. The van der Waals surface area contributed by atoms with E-state index in [2.05, 4.69) is 5.32 Å². The number of nitrogens with one attached hydrogen (secondary N) is 1. The minimum absolute atomic E-state index is 0.00198. The van der Waals surface area contributed by atoms with Crippen molar-refractivity contribution in [2.75, 3.05) is 25.0 Å². The molecule has 1 rings (SSSR count). The molecule has 1 aromatic carbocycles. The number of benzene rings is 1. The maximum atomic E-state index is 11.4. The zero-order valence-corrected chi connectivity index (χ0v) is 10.8. The first kappa shape index (κ1) is 14.6. The third-order valence-electron chi connectivity index (χ3n) is 2.69. The van der Waals surface area contributed by atoms with Gasteiger partial charge in [0.05, 0.1) is 17.0 Å². The van der Waals surface area contributed by atoms with Crippen LogP contribution < -0.4 is 10.2 Å². The molecule has 0 saturated heterocycles. The lowest BCUT2D eigenvalue weighted by Gasteiger charge is -2.22. The van der Waals surface area contributed by atoms with Crippen LogP contribution in [0.4, 0.5) is 11.4 Å². The average molecular weight is 265 g/mol. The summed E-state index contributed by atoms with van der Waals surface area (Å²) in [5.41, 5.74) is 0.353. The quantitative estimate of drug-likeness (QED) is 0.470. The summed E-state index contributed by atoms with van der Waals surface area (Å²) >= 11 is 0. The fourth-order valence-electron chi connectivity index (χ4n) is 1.64. The minimum atomic E-state index is -0.609. The maximum absolute atomic E-state index is 11.4. The average Bonchev–Trinajstić information content (AvgIpc) is 2.43. The fourth-order valence-corrected chi connectivity index (χ4v) is 1.64. The van der Waals surface area contributed by atoms with Crippen LogP contribution in [0.1, 0.15) is 17.3 Å². The van der Waals surface area contributed by atoms with E-state index in [1.807, 2.05) is 6.92 Å². The Bertz CT molecular complexity index is 502. The molecule has 7 nitrogen and oxygen atoms in total. The van der Waals surface area contributed by atoms with Crippen LogP contribution in [0.25, 0.3) is 0 Å². The number of hydrogen-bond donors (Lipinski definition) is 1. The van der Waals surface area contributed by atoms with Crippen molar-refractivity contribution < 1.29 is 14.5 Å². The van der Waals surface area contributed by atoms with E-state index >= 15 is 0 Å². The second-order valence-electron chi connectivity index (χ2n) is 3.81. The van der Waals surface area contributed by atoms with E-state index in [9.17, 15) is 19.7 Å². The molecule has 0 fully saturated rings. The molecule has 1 N–H and O–H groups in total. The topological polar surface area (TPSA) is 92.6 Å². The Balaban J connectivity index is 3.09. The molecule has 102 valence electrons. The summed E-state index contributed by atoms with van der Waals surface area (Å²) in [5.74, 6) is -0.173. The molecule has 0 heterocycles. The number of aldehydes is 1. The summed E-state index contributed by atoms with van der Waals surface area (Å²) in [5, 5.41) is 13.2. The third-order valence-corrected chi connectivity index (χ3v) is 2.69. The highest BCUT2D eigenvalue weighted by molar-refractivity contribution is 5.85. The Kier molecular flexibility index (Phi) is 4.99. The van der Waals surface area contributed by atoms with Gasteiger partial charge in [-0.15, -0.1) is 0 Å². The Morgan fingerprint density at radius 2 is 2.21 bits per heavy atom. The second kappa shape index (κ2) is 6.48. The zero-order valence-electron chi connectivity index (χ0n) is 10.8. The van der Waals surface area contributed by atoms with Gasteiger partial charge < -0.3 is 10.2 Å². The molecule has 1 amide bonds. The molecule has 0 spiro atoms. The van der Waals surface area contributed by atoms with Crippen molar-refractivity contribution in [1.82, 2.24) is 5.32 Å². The van der Waals surface area contributed by atoms with E-state index in [-0.39, 0.29) is 23.7 Å². The molecule has 7 heteroatoms. The molecule has 0 aliphatic rings. The van der Waals surface area contributed by atoms with Crippen LogP contribution in [0.3, 0.4) is 0 Å². The molecule has 0 atom stereocenters. The van der Waals surface area contributed by atoms with E-state index in [0.29, 0.717) is 18.5 Å². The van der Waals surface area contributed by atoms with Crippen molar-refractivity contribution >= 4 is 23.6 Å². The molecular weight excluding hydrogens is 250 g/mol. The van der Waals surface area contributed by atoms with Crippen LogP contribution in [-0.4, -0.2) is 37.3 Å². The van der Waals surface area contributed by atoms with Crippen molar-refractivity contribution in [2.24, 2.45) is 0 Å². The largest absolute Gasteiger partial charge is 0.362 e. The van der Waals surface area contributed by atoms with Gasteiger partial charge in [0.1, 0.15) is 0 Å². The minimum Gasteiger partial charge on any atom is -0.362 e. The normalized spacial score (nSPS) is 9.79. The Hall–Kier alpha value is -2.44. The van der Waals surface area contributed by atoms with Crippen molar-refractivity contribution in [3.63, 3.8) is 0 Å². The highest BCUT2D eigenvalue weighted by Gasteiger charge is 2.16. The maximum Gasteiger partial charge on any atom is 0.280 e. The zero-order chi connectivity index (χ0) is 14.4. The van der Waals surface area contributed by atoms with Gasteiger partial charge >= 0.3 is 0 Å². The van der Waals surface area contributed by atoms with E-state index in [1.165, 1.54) is 25.2 Å². The second-order valence-corrected chi connectivity index (χ2v) is 3.81. The third kappa shape index (κ3) is 3.51. The molecule has 0 saturated carbocycles. The highest BCUT2D eigenvalue weighted by atomic mass is 16.6. The first-order chi connectivity index (χ1) is 9.03. The Morgan fingerprint density at radius 3 is 2.68 bits per heavy atom. The SMILES string of the molecule is CCN(CC(=O)NC)c1ccc([N+](=O)[O-])c(C=O)c1. The predicted octanol–water partition coefficient (Wildman–Crippen LogP) is 0.980. The van der Waals surface area contributed by atoms with Gasteiger partial charge in [-0.05, 0) is 19.1 Å². The molecule has 0 aliphatic heterocycles. The number of carbonyl (C=O) groups excluding carboxylic acids is 2. The van der Waals surface area contributed by atoms with E-state index in [4.69, 9.17) is 0 Å². The molecule has 1 aromatic rings. The standard InChI is InChI=1S/C12H15N3O4/c1-3-14(7-12(17)13-2)10-4-5-11(15(18)19)9(6-10)8-16/h4-6,8H,3,7H2,1-2H3,(H,13,17). The monoisotopic (exact) mass is 265 g/mol. The summed E-state index contributed by atoms with van der Waals surface area (Å²) in [6, 6.07) is 4.21. The fraction of sp³-hybridized carbons (Fsp3) is 0.333. The number of nitro benzene ring substituents is 1. The Morgan fingerprint density at radius 1 is 1.53 bits per heavy atom. The van der Waals surface area contributed by atoms with Gasteiger partial charge in [0.25, 0.3) is 5.69 Å². The van der Waals surface area contributed by atoms with Gasteiger partial charge in [0.2, 0.25) is 5.91 Å². The van der Waals surface area contributed by atoms with Gasteiger partial charge in [-0.1, -0.05) is 0 Å². The molecule has 0 unspecified atom stereocenters. The first-order valence-corrected chi connectivity index (χ1v) is 5.72. The molecule has 0 aromatic heterocycles. The Labute approximate surface area is 110 Å². The molecular formula is C12H15N3O4. The summed E-state index contributed by atoms with van der Waals surface area (Å²) in [4.78, 5) is 34.1. The van der Waals surface area contributed by atoms with E-state index in [0.717, 1.165) is 0 Å². The van der Waals surface area contributed by atoms with Crippen LogP contribution in [-0.2, 0) is 4.79 Å². The summed E-state index contributed by atoms with van der Waals surface area (Å²) in [6.07, 6.45) is 0.440. The predicted molar refractivity (Wildman–Crippen MR) is 70.4 cm³/mol. The summed E-state index contributed by atoms with van der Waals surface area (Å²) in [6.45, 7) is 2.53. The molecule has 0 radical (unpaired) electrons. The van der Waals surface area contributed by atoms with Crippen molar-refractivity contribution in [3.05, 3.63) is 33.9 Å². The van der Waals surface area contributed by atoms with Crippen LogP contribution in [0, 0.1) is 10.1 Å². The van der Waals surface area contributed by atoms with Gasteiger partial charge in [0, 0.05) is 25.3 Å². The highest BCUT2D eigenvalue weighted by Crippen LogP contribution is 2.23. The number of hydrogen-bond acceptors (Lipinski definition) is 5. The number of anilines is 1. The van der Waals surface area contributed by atoms with E-state index in [1.54, 1.807) is 4.90 Å². The van der Waals surface area contributed by atoms with Crippen LogP contribution in [0.5, 0.6) is 0 Å². The van der Waals surface area contributed by atoms with Crippen LogP contribution >= 0.6 is 0 Å². The number of amides is 1. The number of likely N-dealkylation sites (N-methyl/N-ethyl adjacent to an activating group) is 2. The van der Waals surface area contributed by atoms with Crippen molar-refractivity contribution in [2.45, 2.75) is 6.92 Å².